The first kappa shape index (κ1) is 14.6. The van der Waals surface area contributed by atoms with Crippen molar-refractivity contribution in [3.05, 3.63) is 28.2 Å². The van der Waals surface area contributed by atoms with Gasteiger partial charge in [0.2, 0.25) is 0 Å². The summed E-state index contributed by atoms with van der Waals surface area (Å²) in [6.45, 7) is 0. The van der Waals surface area contributed by atoms with Gasteiger partial charge in [0.05, 0.1) is 11.6 Å². The number of methoxy groups -OCH3 is 1. The smallest absolute Gasteiger partial charge is 0.140 e. The summed E-state index contributed by atoms with van der Waals surface area (Å²) in [4.78, 5) is 12.3. The molecule has 2 rings (SSSR count). The normalized spacial score (nSPS) is 16.9. The van der Waals surface area contributed by atoms with Crippen LogP contribution in [0.3, 0.4) is 0 Å². The Morgan fingerprint density at radius 2 is 1.95 bits per heavy atom. The quantitative estimate of drug-likeness (QED) is 0.760. The van der Waals surface area contributed by atoms with Gasteiger partial charge in [-0.2, -0.15) is 0 Å². The average Bonchev–Trinajstić information content (AvgIpc) is 2.68. The molecule has 0 spiro atoms. The molecule has 1 aliphatic carbocycles. The maximum atomic E-state index is 12.3. The molecular formula is C16H21BrO2. The van der Waals surface area contributed by atoms with Gasteiger partial charge in [-0.3, -0.25) is 4.79 Å². The molecule has 3 heteroatoms. The first-order valence-electron chi connectivity index (χ1n) is 7.06. The largest absolute Gasteiger partial charge is 0.496 e. The highest BCUT2D eigenvalue weighted by Gasteiger charge is 2.20. The van der Waals surface area contributed by atoms with Gasteiger partial charge in [-0.05, 0) is 46.5 Å². The fourth-order valence-electron chi connectivity index (χ4n) is 2.77. The maximum absolute atomic E-state index is 12.3. The van der Waals surface area contributed by atoms with Crippen LogP contribution in [0.15, 0.2) is 22.7 Å². The Morgan fingerprint density at radius 1 is 1.26 bits per heavy atom. The molecule has 1 aromatic carbocycles. The summed E-state index contributed by atoms with van der Waals surface area (Å²) >= 11 is 3.47. The summed E-state index contributed by atoms with van der Waals surface area (Å²) in [5.41, 5.74) is 1.07. The third kappa shape index (κ3) is 4.07. The van der Waals surface area contributed by atoms with Crippen LogP contribution in [0, 0.1) is 5.92 Å². The average molecular weight is 325 g/mol. The molecule has 0 amide bonds. The van der Waals surface area contributed by atoms with E-state index in [0.717, 1.165) is 28.6 Å². The van der Waals surface area contributed by atoms with Crippen molar-refractivity contribution >= 4 is 21.7 Å². The molecular weight excluding hydrogens is 304 g/mol. The Kier molecular flexibility index (Phi) is 5.44. The minimum atomic E-state index is 0.281. The Hall–Kier alpha value is -0.830. The van der Waals surface area contributed by atoms with Gasteiger partial charge in [0.1, 0.15) is 11.5 Å². The first-order chi connectivity index (χ1) is 9.20. The Balaban J connectivity index is 1.99. The molecule has 0 aromatic heterocycles. The molecule has 1 saturated carbocycles. The lowest BCUT2D eigenvalue weighted by Gasteiger charge is -2.13. The van der Waals surface area contributed by atoms with E-state index in [4.69, 9.17) is 4.74 Å². The van der Waals surface area contributed by atoms with E-state index in [2.05, 4.69) is 15.9 Å². The predicted octanol–water partition coefficient (Wildman–Crippen LogP) is 4.54. The molecule has 0 atom stereocenters. The third-order valence-electron chi connectivity index (χ3n) is 3.91. The van der Waals surface area contributed by atoms with Gasteiger partial charge in [0.25, 0.3) is 0 Å². The molecule has 0 unspecified atom stereocenters. The predicted molar refractivity (Wildman–Crippen MR) is 80.6 cm³/mol. The third-order valence-corrected chi connectivity index (χ3v) is 4.52. The van der Waals surface area contributed by atoms with Crippen LogP contribution >= 0.6 is 15.9 Å². The molecule has 1 aromatic rings. The van der Waals surface area contributed by atoms with Crippen molar-refractivity contribution in [1.82, 2.24) is 0 Å². The number of carbonyl (C=O) groups excluding carboxylic acids is 1. The number of ether oxygens (including phenoxy) is 1. The zero-order chi connectivity index (χ0) is 13.7. The van der Waals surface area contributed by atoms with E-state index in [9.17, 15) is 4.79 Å². The molecule has 19 heavy (non-hydrogen) atoms. The van der Waals surface area contributed by atoms with E-state index in [1.54, 1.807) is 7.11 Å². The summed E-state index contributed by atoms with van der Waals surface area (Å²) in [7, 11) is 1.65. The second-order valence-electron chi connectivity index (χ2n) is 5.30. The molecule has 0 aliphatic heterocycles. The lowest BCUT2D eigenvalue weighted by atomic mass is 9.91. The number of ketones is 1. The number of benzene rings is 1. The summed E-state index contributed by atoms with van der Waals surface area (Å²) in [6.07, 6.45) is 7.71. The van der Waals surface area contributed by atoms with E-state index in [-0.39, 0.29) is 5.92 Å². The zero-order valence-electron chi connectivity index (χ0n) is 11.5. The van der Waals surface area contributed by atoms with Crippen LogP contribution in [0.1, 0.15) is 44.1 Å². The molecule has 0 heterocycles. The topological polar surface area (TPSA) is 26.3 Å². The van der Waals surface area contributed by atoms with Crippen LogP contribution < -0.4 is 4.74 Å². The van der Waals surface area contributed by atoms with E-state index in [1.165, 1.54) is 25.7 Å². The van der Waals surface area contributed by atoms with Crippen molar-refractivity contribution in [1.29, 1.82) is 0 Å². The number of carbonyl (C=O) groups is 1. The number of hydrogen-bond donors (Lipinski definition) is 0. The molecule has 0 saturated heterocycles. The van der Waals surface area contributed by atoms with Gasteiger partial charge in [-0.25, -0.2) is 0 Å². The summed E-state index contributed by atoms with van der Waals surface area (Å²) < 4.78 is 6.12. The van der Waals surface area contributed by atoms with Crippen LogP contribution in [0.2, 0.25) is 0 Å². The summed E-state index contributed by atoms with van der Waals surface area (Å²) in [5, 5.41) is 0. The van der Waals surface area contributed by atoms with Crippen LogP contribution in [-0.2, 0) is 11.2 Å². The number of hydrogen-bond acceptors (Lipinski definition) is 2. The summed E-state index contributed by atoms with van der Waals surface area (Å²) in [5.74, 6) is 1.49. The Bertz CT molecular complexity index is 434. The van der Waals surface area contributed by atoms with Crippen molar-refractivity contribution < 1.29 is 9.53 Å². The van der Waals surface area contributed by atoms with Crippen molar-refractivity contribution in [3.8, 4) is 5.75 Å². The first-order valence-corrected chi connectivity index (χ1v) is 7.85. The summed E-state index contributed by atoms with van der Waals surface area (Å²) in [6, 6.07) is 5.89. The molecule has 0 N–H and O–H groups in total. The van der Waals surface area contributed by atoms with Gasteiger partial charge >= 0.3 is 0 Å². The van der Waals surface area contributed by atoms with E-state index >= 15 is 0 Å². The van der Waals surface area contributed by atoms with E-state index in [1.807, 2.05) is 18.2 Å². The molecule has 1 aliphatic rings. The standard InChI is InChI=1S/C16H21BrO2/c1-19-16-9-8-12(10-14(16)17)11-15(18)13-6-4-2-3-5-7-13/h8-10,13H,2-7,11H2,1H3. The highest BCUT2D eigenvalue weighted by atomic mass is 79.9. The van der Waals surface area contributed by atoms with Crippen LogP contribution in [0.25, 0.3) is 0 Å². The number of halogens is 1. The van der Waals surface area contributed by atoms with Crippen molar-refractivity contribution in [2.24, 2.45) is 5.92 Å². The highest BCUT2D eigenvalue weighted by Crippen LogP contribution is 2.28. The van der Waals surface area contributed by atoms with Gasteiger partial charge in [-0.15, -0.1) is 0 Å². The lowest BCUT2D eigenvalue weighted by Crippen LogP contribution is -2.16. The van der Waals surface area contributed by atoms with Crippen LogP contribution in [0.4, 0.5) is 0 Å². The van der Waals surface area contributed by atoms with Crippen molar-refractivity contribution in [3.63, 3.8) is 0 Å². The monoisotopic (exact) mass is 324 g/mol. The zero-order valence-corrected chi connectivity index (χ0v) is 13.0. The van der Waals surface area contributed by atoms with Gasteiger partial charge in [0, 0.05) is 12.3 Å². The molecule has 0 radical (unpaired) electrons. The second kappa shape index (κ2) is 7.09. The van der Waals surface area contributed by atoms with Gasteiger partial charge in [-0.1, -0.05) is 31.7 Å². The van der Waals surface area contributed by atoms with Crippen LogP contribution in [0.5, 0.6) is 5.75 Å². The van der Waals surface area contributed by atoms with E-state index < -0.39 is 0 Å². The number of rotatable bonds is 4. The second-order valence-corrected chi connectivity index (χ2v) is 6.15. The minimum Gasteiger partial charge on any atom is -0.496 e. The maximum Gasteiger partial charge on any atom is 0.140 e. The fraction of sp³-hybridized carbons (Fsp3) is 0.562. The van der Waals surface area contributed by atoms with Crippen LogP contribution in [-0.4, -0.2) is 12.9 Å². The van der Waals surface area contributed by atoms with Crippen molar-refractivity contribution in [2.45, 2.75) is 44.9 Å². The molecule has 2 nitrogen and oxygen atoms in total. The number of Topliss-reactive ketones (excluding diaryl/α,β-unsaturated/α-hetero) is 1. The van der Waals surface area contributed by atoms with E-state index in [0.29, 0.717) is 12.2 Å². The Labute approximate surface area is 123 Å². The minimum absolute atomic E-state index is 0.281. The highest BCUT2D eigenvalue weighted by molar-refractivity contribution is 9.10. The fourth-order valence-corrected chi connectivity index (χ4v) is 3.35. The molecule has 0 bridgehead atoms. The SMILES string of the molecule is COc1ccc(CC(=O)C2CCCCCC2)cc1Br. The lowest BCUT2D eigenvalue weighted by molar-refractivity contribution is -0.122. The van der Waals surface area contributed by atoms with Gasteiger partial charge < -0.3 is 4.74 Å². The van der Waals surface area contributed by atoms with Crippen molar-refractivity contribution in [2.75, 3.05) is 7.11 Å². The molecule has 104 valence electrons. The molecule has 1 fully saturated rings. The van der Waals surface area contributed by atoms with Gasteiger partial charge in [0.15, 0.2) is 0 Å². The Morgan fingerprint density at radius 3 is 2.53 bits per heavy atom.